The first-order chi connectivity index (χ1) is 10.2. The third kappa shape index (κ3) is 2.54. The highest BCUT2D eigenvalue weighted by Gasteiger charge is 2.14. The third-order valence-electron chi connectivity index (χ3n) is 3.20. The summed E-state index contributed by atoms with van der Waals surface area (Å²) in [5.74, 6) is 1.98. The van der Waals surface area contributed by atoms with Gasteiger partial charge in [0.15, 0.2) is 11.5 Å². The Hall–Kier alpha value is -2.20. The largest absolute Gasteiger partial charge is 0.493 e. The molecule has 0 aliphatic carbocycles. The van der Waals surface area contributed by atoms with Crippen molar-refractivity contribution < 1.29 is 9.47 Å². The molecule has 3 aromatic rings. The van der Waals surface area contributed by atoms with Crippen molar-refractivity contribution in [3.63, 3.8) is 0 Å². The summed E-state index contributed by atoms with van der Waals surface area (Å²) in [6.45, 7) is 2.47. The van der Waals surface area contributed by atoms with E-state index in [1.165, 1.54) is 0 Å². The molecule has 4 nitrogen and oxygen atoms in total. The van der Waals surface area contributed by atoms with Crippen LogP contribution in [0.15, 0.2) is 36.4 Å². The smallest absolute Gasteiger partial charge is 0.162 e. The average molecular weight is 303 g/mol. The molecule has 0 spiro atoms. The summed E-state index contributed by atoms with van der Waals surface area (Å²) in [4.78, 5) is 7.82. The molecule has 0 radical (unpaired) electrons. The van der Waals surface area contributed by atoms with E-state index in [2.05, 4.69) is 9.97 Å². The summed E-state index contributed by atoms with van der Waals surface area (Å²) < 4.78 is 10.9. The molecule has 0 aliphatic rings. The van der Waals surface area contributed by atoms with Crippen LogP contribution in [0.25, 0.3) is 22.4 Å². The van der Waals surface area contributed by atoms with Gasteiger partial charge in [0.1, 0.15) is 5.82 Å². The van der Waals surface area contributed by atoms with Gasteiger partial charge in [-0.1, -0.05) is 23.7 Å². The molecule has 3 rings (SSSR count). The molecule has 0 saturated heterocycles. The minimum Gasteiger partial charge on any atom is -0.493 e. The summed E-state index contributed by atoms with van der Waals surface area (Å²) in [6, 6.07) is 11.4. The lowest BCUT2D eigenvalue weighted by molar-refractivity contribution is 0.311. The van der Waals surface area contributed by atoms with Crippen molar-refractivity contribution in [2.75, 3.05) is 13.7 Å². The van der Waals surface area contributed by atoms with E-state index in [0.717, 1.165) is 16.6 Å². The van der Waals surface area contributed by atoms with Gasteiger partial charge in [0.05, 0.1) is 29.8 Å². The van der Waals surface area contributed by atoms with Crippen LogP contribution in [-0.4, -0.2) is 23.7 Å². The van der Waals surface area contributed by atoms with E-state index in [4.69, 9.17) is 21.1 Å². The van der Waals surface area contributed by atoms with E-state index in [-0.39, 0.29) is 0 Å². The van der Waals surface area contributed by atoms with Gasteiger partial charge >= 0.3 is 0 Å². The Kier molecular flexibility index (Phi) is 3.71. The fourth-order valence-corrected chi connectivity index (χ4v) is 2.47. The van der Waals surface area contributed by atoms with Crippen molar-refractivity contribution in [1.29, 1.82) is 0 Å². The van der Waals surface area contributed by atoms with Gasteiger partial charge in [-0.15, -0.1) is 0 Å². The van der Waals surface area contributed by atoms with Gasteiger partial charge in [-0.2, -0.15) is 0 Å². The fraction of sp³-hybridized carbons (Fsp3) is 0.188. The van der Waals surface area contributed by atoms with Crippen LogP contribution in [0.2, 0.25) is 5.02 Å². The zero-order valence-corrected chi connectivity index (χ0v) is 12.6. The predicted octanol–water partition coefficient (Wildman–Crippen LogP) is 4.29. The van der Waals surface area contributed by atoms with Crippen LogP contribution in [0.5, 0.6) is 11.5 Å². The van der Waals surface area contributed by atoms with E-state index < -0.39 is 0 Å². The molecule has 0 unspecified atom stereocenters. The maximum Gasteiger partial charge on any atom is 0.162 e. The monoisotopic (exact) mass is 302 g/mol. The van der Waals surface area contributed by atoms with Gasteiger partial charge in [0.2, 0.25) is 0 Å². The molecule has 1 aromatic heterocycles. The number of aromatic nitrogens is 2. The number of aromatic amines is 1. The second-order valence-corrected chi connectivity index (χ2v) is 4.93. The van der Waals surface area contributed by atoms with Crippen LogP contribution >= 0.6 is 11.6 Å². The number of hydrogen-bond acceptors (Lipinski definition) is 3. The average Bonchev–Trinajstić information content (AvgIpc) is 2.91. The Morgan fingerprint density at radius 3 is 2.71 bits per heavy atom. The number of imidazole rings is 1. The van der Waals surface area contributed by atoms with E-state index in [9.17, 15) is 0 Å². The zero-order valence-electron chi connectivity index (χ0n) is 11.8. The molecular weight excluding hydrogens is 288 g/mol. The number of benzene rings is 2. The Bertz CT molecular complexity index is 750. The summed E-state index contributed by atoms with van der Waals surface area (Å²) in [5, 5.41) is 0.568. The third-order valence-corrected chi connectivity index (χ3v) is 3.51. The molecule has 5 heteroatoms. The number of para-hydroxylation sites is 2. The molecule has 21 heavy (non-hydrogen) atoms. The van der Waals surface area contributed by atoms with Crippen molar-refractivity contribution in [2.24, 2.45) is 0 Å². The number of hydrogen-bond donors (Lipinski definition) is 1. The number of methoxy groups -OCH3 is 1. The molecule has 2 aromatic carbocycles. The predicted molar refractivity (Wildman–Crippen MR) is 84.3 cm³/mol. The van der Waals surface area contributed by atoms with Crippen molar-refractivity contribution in [1.82, 2.24) is 9.97 Å². The molecule has 0 atom stereocenters. The maximum absolute atomic E-state index is 6.36. The Morgan fingerprint density at radius 2 is 2.00 bits per heavy atom. The highest BCUT2D eigenvalue weighted by Crippen LogP contribution is 2.38. The summed E-state index contributed by atoms with van der Waals surface area (Å²) >= 11 is 6.36. The molecule has 0 bridgehead atoms. The molecule has 1 N–H and O–H groups in total. The molecule has 0 aliphatic heterocycles. The van der Waals surface area contributed by atoms with Gasteiger partial charge in [0, 0.05) is 11.6 Å². The van der Waals surface area contributed by atoms with Gasteiger partial charge in [-0.25, -0.2) is 4.98 Å². The minimum atomic E-state index is 0.552. The van der Waals surface area contributed by atoms with E-state index in [1.807, 2.05) is 37.3 Å². The lowest BCUT2D eigenvalue weighted by Gasteiger charge is -2.11. The summed E-state index contributed by atoms with van der Waals surface area (Å²) in [6.07, 6.45) is 0. The van der Waals surface area contributed by atoms with Gasteiger partial charge in [-0.3, -0.25) is 0 Å². The van der Waals surface area contributed by atoms with Crippen LogP contribution < -0.4 is 9.47 Å². The zero-order chi connectivity index (χ0) is 14.8. The van der Waals surface area contributed by atoms with Gasteiger partial charge < -0.3 is 14.5 Å². The SMILES string of the molecule is CCOc1cc(Cl)c(-c2nc3ccccc3[nH]2)cc1OC. The van der Waals surface area contributed by atoms with E-state index in [1.54, 1.807) is 13.2 Å². The van der Waals surface area contributed by atoms with Crippen LogP contribution in [0, 0.1) is 0 Å². The number of H-pyrrole nitrogens is 1. The van der Waals surface area contributed by atoms with E-state index in [0.29, 0.717) is 29.0 Å². The number of nitrogens with zero attached hydrogens (tertiary/aromatic N) is 1. The highest BCUT2D eigenvalue weighted by molar-refractivity contribution is 6.33. The molecule has 0 amide bonds. The van der Waals surface area contributed by atoms with E-state index >= 15 is 0 Å². The number of fused-ring (bicyclic) bond motifs is 1. The van der Waals surface area contributed by atoms with Crippen LogP contribution in [0.1, 0.15) is 6.92 Å². The first kappa shape index (κ1) is 13.8. The number of halogens is 1. The quantitative estimate of drug-likeness (QED) is 0.782. The van der Waals surface area contributed by atoms with Crippen molar-refractivity contribution in [3.05, 3.63) is 41.4 Å². The lowest BCUT2D eigenvalue weighted by Crippen LogP contribution is -1.96. The number of rotatable bonds is 4. The van der Waals surface area contributed by atoms with Crippen LogP contribution in [-0.2, 0) is 0 Å². The summed E-state index contributed by atoms with van der Waals surface area (Å²) in [5.41, 5.74) is 2.65. The second kappa shape index (κ2) is 5.66. The Balaban J connectivity index is 2.12. The fourth-order valence-electron chi connectivity index (χ4n) is 2.22. The van der Waals surface area contributed by atoms with Crippen LogP contribution in [0.4, 0.5) is 0 Å². The first-order valence-corrected chi connectivity index (χ1v) is 7.06. The number of nitrogens with one attached hydrogen (secondary N) is 1. The second-order valence-electron chi connectivity index (χ2n) is 4.52. The minimum absolute atomic E-state index is 0.552. The normalized spacial score (nSPS) is 10.8. The molecular formula is C16H15ClN2O2. The van der Waals surface area contributed by atoms with Crippen molar-refractivity contribution >= 4 is 22.6 Å². The highest BCUT2D eigenvalue weighted by atomic mass is 35.5. The molecule has 0 saturated carbocycles. The lowest BCUT2D eigenvalue weighted by atomic mass is 10.2. The summed E-state index contributed by atoms with van der Waals surface area (Å²) in [7, 11) is 1.61. The van der Waals surface area contributed by atoms with Crippen LogP contribution in [0.3, 0.4) is 0 Å². The standard InChI is InChI=1S/C16H15ClN2O2/c1-3-21-15-9-11(17)10(8-14(15)20-2)16-18-12-6-4-5-7-13(12)19-16/h4-9H,3H2,1-2H3,(H,18,19). The molecule has 108 valence electrons. The van der Waals surface area contributed by atoms with Crippen molar-refractivity contribution in [3.8, 4) is 22.9 Å². The van der Waals surface area contributed by atoms with Gasteiger partial charge in [-0.05, 0) is 25.1 Å². The molecule has 0 fully saturated rings. The first-order valence-electron chi connectivity index (χ1n) is 6.68. The van der Waals surface area contributed by atoms with Crippen molar-refractivity contribution in [2.45, 2.75) is 6.92 Å². The Morgan fingerprint density at radius 1 is 1.19 bits per heavy atom. The van der Waals surface area contributed by atoms with Gasteiger partial charge in [0.25, 0.3) is 0 Å². The Labute approximate surface area is 127 Å². The maximum atomic E-state index is 6.36. The number of ether oxygens (including phenoxy) is 2. The molecule has 1 heterocycles. The topological polar surface area (TPSA) is 47.1 Å².